The van der Waals surface area contributed by atoms with Gasteiger partial charge in [0.25, 0.3) is 0 Å². The lowest BCUT2D eigenvalue weighted by atomic mass is 10.00. The number of aliphatic hydroxyl groups excluding tert-OH is 1. The van der Waals surface area contributed by atoms with Crippen molar-refractivity contribution in [1.29, 1.82) is 0 Å². The van der Waals surface area contributed by atoms with Crippen molar-refractivity contribution in [3.05, 3.63) is 52.8 Å². The van der Waals surface area contributed by atoms with Gasteiger partial charge in [0.05, 0.1) is 24.5 Å². The first kappa shape index (κ1) is 17.9. The highest BCUT2D eigenvalue weighted by atomic mass is 16.3. The molecule has 1 saturated carbocycles. The average molecular weight is 380 g/mol. The lowest BCUT2D eigenvalue weighted by Crippen LogP contribution is -2.42. The molecule has 1 aromatic carbocycles. The Morgan fingerprint density at radius 2 is 1.96 bits per heavy atom. The largest absolute Gasteiger partial charge is 0.386 e. The van der Waals surface area contributed by atoms with Gasteiger partial charge in [-0.25, -0.2) is 0 Å². The van der Waals surface area contributed by atoms with Crippen molar-refractivity contribution in [2.45, 2.75) is 51.4 Å². The first-order valence-electron chi connectivity index (χ1n) is 10.5. The van der Waals surface area contributed by atoms with Crippen molar-refractivity contribution in [2.24, 2.45) is 5.92 Å². The van der Waals surface area contributed by atoms with E-state index in [1.54, 1.807) is 0 Å². The zero-order valence-corrected chi connectivity index (χ0v) is 16.3. The maximum Gasteiger partial charge on any atom is 0.237 e. The van der Waals surface area contributed by atoms with E-state index in [4.69, 9.17) is 0 Å². The number of hydrogen-bond acceptors (Lipinski definition) is 4. The number of fused-ring (bicyclic) bond motifs is 2. The summed E-state index contributed by atoms with van der Waals surface area (Å²) < 4.78 is 1.99. The fourth-order valence-corrected chi connectivity index (χ4v) is 4.48. The van der Waals surface area contributed by atoms with E-state index in [1.165, 1.54) is 11.1 Å². The Morgan fingerprint density at radius 1 is 1.14 bits per heavy atom. The maximum absolute atomic E-state index is 13.0. The SMILES string of the molecule is O=C(CN1CCc2ccccc2C1)N1CCCn2nc([C@H](O)C3CC3)cc2C1. The number of amides is 1. The van der Waals surface area contributed by atoms with E-state index in [2.05, 4.69) is 34.3 Å². The van der Waals surface area contributed by atoms with Gasteiger partial charge in [-0.05, 0) is 48.8 Å². The van der Waals surface area contributed by atoms with Crippen LogP contribution in [0.5, 0.6) is 0 Å². The van der Waals surface area contributed by atoms with Crippen LogP contribution in [-0.4, -0.2) is 50.2 Å². The van der Waals surface area contributed by atoms with Gasteiger partial charge in [-0.2, -0.15) is 5.10 Å². The summed E-state index contributed by atoms with van der Waals surface area (Å²) in [6, 6.07) is 10.5. The number of carbonyl (C=O) groups is 1. The fraction of sp³-hybridized carbons (Fsp3) is 0.545. The minimum absolute atomic E-state index is 0.193. The molecule has 0 unspecified atom stereocenters. The number of rotatable bonds is 4. The molecule has 6 heteroatoms. The third-order valence-corrected chi connectivity index (χ3v) is 6.33. The van der Waals surface area contributed by atoms with Crippen LogP contribution in [0.15, 0.2) is 30.3 Å². The minimum atomic E-state index is -0.447. The van der Waals surface area contributed by atoms with Crippen LogP contribution in [0.1, 0.15) is 47.9 Å². The number of benzene rings is 1. The van der Waals surface area contributed by atoms with Gasteiger partial charge in [-0.3, -0.25) is 14.4 Å². The summed E-state index contributed by atoms with van der Waals surface area (Å²) in [5.41, 5.74) is 4.57. The smallest absolute Gasteiger partial charge is 0.237 e. The lowest BCUT2D eigenvalue weighted by Gasteiger charge is -2.30. The van der Waals surface area contributed by atoms with Crippen LogP contribution in [0.3, 0.4) is 0 Å². The monoisotopic (exact) mass is 380 g/mol. The highest BCUT2D eigenvalue weighted by Crippen LogP contribution is 2.40. The molecule has 2 aliphatic heterocycles. The Bertz CT molecular complexity index is 873. The molecule has 0 spiro atoms. The van der Waals surface area contributed by atoms with Crippen LogP contribution in [0.2, 0.25) is 0 Å². The van der Waals surface area contributed by atoms with Crippen LogP contribution >= 0.6 is 0 Å². The summed E-state index contributed by atoms with van der Waals surface area (Å²) in [5, 5.41) is 15.0. The third-order valence-electron chi connectivity index (χ3n) is 6.33. The molecule has 5 rings (SSSR count). The Labute approximate surface area is 165 Å². The van der Waals surface area contributed by atoms with Gasteiger partial charge < -0.3 is 10.0 Å². The highest BCUT2D eigenvalue weighted by molar-refractivity contribution is 5.78. The first-order chi connectivity index (χ1) is 13.7. The van der Waals surface area contributed by atoms with Crippen molar-refractivity contribution >= 4 is 5.91 Å². The van der Waals surface area contributed by atoms with Gasteiger partial charge in [0.15, 0.2) is 0 Å². The van der Waals surface area contributed by atoms with Crippen molar-refractivity contribution in [3.8, 4) is 0 Å². The van der Waals surface area contributed by atoms with Gasteiger partial charge in [-0.15, -0.1) is 0 Å². The molecule has 1 amide bonds. The molecule has 1 aromatic heterocycles. The van der Waals surface area contributed by atoms with E-state index in [-0.39, 0.29) is 5.91 Å². The molecule has 3 heterocycles. The third kappa shape index (κ3) is 3.59. The van der Waals surface area contributed by atoms with Crippen molar-refractivity contribution < 1.29 is 9.90 Å². The van der Waals surface area contributed by atoms with Crippen LogP contribution < -0.4 is 0 Å². The Morgan fingerprint density at radius 3 is 2.79 bits per heavy atom. The Balaban J connectivity index is 1.24. The number of aromatic nitrogens is 2. The van der Waals surface area contributed by atoms with E-state index < -0.39 is 6.10 Å². The van der Waals surface area contributed by atoms with E-state index in [0.29, 0.717) is 19.0 Å². The Kier molecular flexibility index (Phi) is 4.69. The quantitative estimate of drug-likeness (QED) is 0.883. The summed E-state index contributed by atoms with van der Waals surface area (Å²) in [6.07, 6.45) is 3.65. The zero-order valence-electron chi connectivity index (χ0n) is 16.3. The summed E-state index contributed by atoms with van der Waals surface area (Å²) in [7, 11) is 0. The molecule has 1 atom stereocenters. The van der Waals surface area contributed by atoms with Gasteiger partial charge in [0.2, 0.25) is 5.91 Å². The van der Waals surface area contributed by atoms with Gasteiger partial charge in [0.1, 0.15) is 6.10 Å². The van der Waals surface area contributed by atoms with Crippen molar-refractivity contribution in [3.63, 3.8) is 0 Å². The number of carbonyl (C=O) groups excluding carboxylic acids is 1. The van der Waals surface area contributed by atoms with Crippen molar-refractivity contribution in [1.82, 2.24) is 19.6 Å². The van der Waals surface area contributed by atoms with Crippen molar-refractivity contribution in [2.75, 3.05) is 19.6 Å². The predicted octanol–water partition coefficient (Wildman–Crippen LogP) is 2.12. The summed E-state index contributed by atoms with van der Waals surface area (Å²) in [6.45, 7) is 4.44. The molecule has 148 valence electrons. The zero-order chi connectivity index (χ0) is 19.1. The van der Waals surface area contributed by atoms with Gasteiger partial charge in [0, 0.05) is 26.2 Å². The molecule has 1 N–H and O–H groups in total. The van der Waals surface area contributed by atoms with E-state index in [0.717, 1.165) is 63.3 Å². The number of nitrogens with zero attached hydrogens (tertiary/aromatic N) is 4. The number of aryl methyl sites for hydroxylation is 1. The minimum Gasteiger partial charge on any atom is -0.386 e. The second kappa shape index (κ2) is 7.33. The van der Waals surface area contributed by atoms with E-state index in [9.17, 15) is 9.90 Å². The van der Waals surface area contributed by atoms with Crippen LogP contribution in [-0.2, 0) is 30.8 Å². The summed E-state index contributed by atoms with van der Waals surface area (Å²) >= 11 is 0. The van der Waals surface area contributed by atoms with E-state index in [1.807, 2.05) is 15.6 Å². The molecule has 1 aliphatic carbocycles. The topological polar surface area (TPSA) is 61.6 Å². The van der Waals surface area contributed by atoms with Crippen LogP contribution in [0, 0.1) is 5.92 Å². The fourth-order valence-electron chi connectivity index (χ4n) is 4.48. The van der Waals surface area contributed by atoms with Gasteiger partial charge >= 0.3 is 0 Å². The molecule has 0 radical (unpaired) electrons. The Hall–Kier alpha value is -2.18. The number of aliphatic hydroxyl groups is 1. The second-order valence-electron chi connectivity index (χ2n) is 8.46. The molecular formula is C22H28N4O2. The molecule has 1 fully saturated rings. The molecule has 0 saturated heterocycles. The molecule has 28 heavy (non-hydrogen) atoms. The van der Waals surface area contributed by atoms with Crippen LogP contribution in [0.4, 0.5) is 0 Å². The molecular weight excluding hydrogens is 352 g/mol. The summed E-state index contributed by atoms with van der Waals surface area (Å²) in [5.74, 6) is 0.567. The number of hydrogen-bond donors (Lipinski definition) is 1. The highest BCUT2D eigenvalue weighted by Gasteiger charge is 2.33. The second-order valence-corrected chi connectivity index (χ2v) is 8.46. The summed E-state index contributed by atoms with van der Waals surface area (Å²) in [4.78, 5) is 17.2. The standard InChI is InChI=1S/C22H28N4O2/c27-21(15-24-11-8-16-4-1-2-5-18(16)13-24)25-9-3-10-26-19(14-25)12-20(23-26)22(28)17-6-7-17/h1-2,4-5,12,17,22,28H,3,6-11,13-15H2/t22-/m1/s1. The van der Waals surface area contributed by atoms with E-state index >= 15 is 0 Å². The predicted molar refractivity (Wildman–Crippen MR) is 105 cm³/mol. The first-order valence-corrected chi connectivity index (χ1v) is 10.5. The molecule has 2 aromatic rings. The molecule has 6 nitrogen and oxygen atoms in total. The molecule has 3 aliphatic rings. The molecule has 0 bridgehead atoms. The maximum atomic E-state index is 13.0. The average Bonchev–Trinajstić information content (AvgIpc) is 3.51. The van der Waals surface area contributed by atoms with Gasteiger partial charge in [-0.1, -0.05) is 24.3 Å². The lowest BCUT2D eigenvalue weighted by molar-refractivity contribution is -0.133. The normalized spacial score (nSPS) is 21.0. The van der Waals surface area contributed by atoms with Crippen LogP contribution in [0.25, 0.3) is 0 Å².